The third kappa shape index (κ3) is 6.07. The summed E-state index contributed by atoms with van der Waals surface area (Å²) in [5, 5.41) is 18.4. The Morgan fingerprint density at radius 2 is 2.05 bits per heavy atom. The van der Waals surface area contributed by atoms with E-state index in [2.05, 4.69) is 91.5 Å². The van der Waals surface area contributed by atoms with Crippen LogP contribution in [0.5, 0.6) is 0 Å². The largest absolute Gasteiger partial charge is 0.384 e. The molecular formula is C30H39N9O. The fourth-order valence-corrected chi connectivity index (χ4v) is 5.61. The lowest BCUT2D eigenvalue weighted by molar-refractivity contribution is 0.143. The monoisotopic (exact) mass is 541 g/mol. The number of nitrogens with two attached hydrogens (primary N) is 1. The van der Waals surface area contributed by atoms with Crippen molar-refractivity contribution in [3.8, 4) is 0 Å². The van der Waals surface area contributed by atoms with Crippen LogP contribution in [0.25, 0.3) is 0 Å². The molecule has 0 amide bonds. The first-order valence-electron chi connectivity index (χ1n) is 14.2. The van der Waals surface area contributed by atoms with Crippen molar-refractivity contribution < 1.29 is 4.52 Å². The van der Waals surface area contributed by atoms with E-state index in [0.29, 0.717) is 47.9 Å². The Hall–Kier alpha value is -4.05. The number of nitrogens with one attached hydrogen (secondary N) is 3. The Morgan fingerprint density at radius 3 is 2.75 bits per heavy atom. The molecule has 3 fully saturated rings. The van der Waals surface area contributed by atoms with Gasteiger partial charge in [0, 0.05) is 61.5 Å². The molecule has 4 heterocycles. The number of aromatic nitrogens is 3. The molecule has 210 valence electrons. The summed E-state index contributed by atoms with van der Waals surface area (Å²) >= 11 is 0. The Kier molecular flexibility index (Phi) is 7.34. The summed E-state index contributed by atoms with van der Waals surface area (Å²) in [6.45, 7) is 11.8. The number of amidine groups is 1. The van der Waals surface area contributed by atoms with E-state index in [1.165, 1.54) is 18.4 Å². The lowest BCUT2D eigenvalue weighted by Crippen LogP contribution is -2.48. The van der Waals surface area contributed by atoms with E-state index in [4.69, 9.17) is 10.3 Å². The second kappa shape index (κ2) is 11.2. The van der Waals surface area contributed by atoms with Gasteiger partial charge in [-0.05, 0) is 30.7 Å². The maximum Gasteiger partial charge on any atom is 0.175 e. The predicted octanol–water partition coefficient (Wildman–Crippen LogP) is 4.04. The number of rotatable bonds is 12. The average Bonchev–Trinajstić information content (AvgIpc) is 3.30. The average molecular weight is 542 g/mol. The number of hydrogen-bond acceptors (Lipinski definition) is 8. The van der Waals surface area contributed by atoms with Crippen LogP contribution in [-0.4, -0.2) is 56.2 Å². The highest BCUT2D eigenvalue weighted by Gasteiger charge is 2.44. The first kappa shape index (κ1) is 26.2. The summed E-state index contributed by atoms with van der Waals surface area (Å²) in [7, 11) is 0. The molecular weight excluding hydrogens is 502 g/mol. The standard InChI is InChI=1S/C30H39N9O/c1-19(2)26-12-25(40-37-26)15-32-20(3)33-30(14-28(31)34-29-13-27(35-36-29)22-9-10-22)39-18-23-11-24(39)17-38(23)16-21-7-5-4-6-8-21/h4-8,12-14,19,22-24,32-33H,3,9-11,15-18H2,1-2H3,(H3,31,34,35,36)/t23-,24-/m1/s1. The van der Waals surface area contributed by atoms with E-state index in [9.17, 15) is 0 Å². The Morgan fingerprint density at radius 1 is 1.23 bits per heavy atom. The van der Waals surface area contributed by atoms with Crippen molar-refractivity contribution in [1.82, 2.24) is 35.8 Å². The van der Waals surface area contributed by atoms with Gasteiger partial charge in [-0.2, -0.15) is 5.10 Å². The van der Waals surface area contributed by atoms with Gasteiger partial charge < -0.3 is 25.8 Å². The SMILES string of the molecule is C=C(NCc1cc(C(C)C)no1)NC(=CC(N)=Nc1cc(C2CC2)[nH]n1)N1C[C@H]2C[C@@H]1CN2Cc1ccccc1. The molecule has 2 atom stereocenters. The minimum absolute atomic E-state index is 0.317. The smallest absolute Gasteiger partial charge is 0.175 e. The molecule has 3 aliphatic rings. The highest BCUT2D eigenvalue weighted by molar-refractivity contribution is 5.93. The number of nitrogens with zero attached hydrogens (tertiary/aromatic N) is 5. The molecule has 0 unspecified atom stereocenters. The fourth-order valence-electron chi connectivity index (χ4n) is 5.61. The molecule has 1 aliphatic carbocycles. The van der Waals surface area contributed by atoms with Crippen LogP contribution in [0.4, 0.5) is 5.82 Å². The molecule has 10 heteroatoms. The Bertz CT molecular complexity index is 1380. The van der Waals surface area contributed by atoms with Crippen LogP contribution in [0, 0.1) is 0 Å². The Balaban J connectivity index is 1.15. The van der Waals surface area contributed by atoms with E-state index in [-0.39, 0.29) is 0 Å². The zero-order valence-electron chi connectivity index (χ0n) is 23.3. The molecule has 1 aromatic carbocycles. The van der Waals surface area contributed by atoms with Gasteiger partial charge in [-0.15, -0.1) is 0 Å². The minimum Gasteiger partial charge on any atom is -0.384 e. The summed E-state index contributed by atoms with van der Waals surface area (Å²) < 4.78 is 5.48. The van der Waals surface area contributed by atoms with Crippen molar-refractivity contribution in [3.63, 3.8) is 0 Å². The lowest BCUT2D eigenvalue weighted by Gasteiger charge is -2.37. The van der Waals surface area contributed by atoms with Crippen LogP contribution in [0.2, 0.25) is 0 Å². The molecule has 6 rings (SSSR count). The number of fused-ring (bicyclic) bond motifs is 2. The first-order valence-corrected chi connectivity index (χ1v) is 14.2. The third-order valence-electron chi connectivity index (χ3n) is 7.95. The molecule has 40 heavy (non-hydrogen) atoms. The van der Waals surface area contributed by atoms with E-state index in [0.717, 1.165) is 49.0 Å². The predicted molar refractivity (Wildman–Crippen MR) is 155 cm³/mol. The van der Waals surface area contributed by atoms with Crippen molar-refractivity contribution in [2.24, 2.45) is 10.7 Å². The number of likely N-dealkylation sites (tertiary alicyclic amines) is 2. The van der Waals surface area contributed by atoms with Crippen molar-refractivity contribution >= 4 is 11.7 Å². The first-order chi connectivity index (χ1) is 19.4. The summed E-state index contributed by atoms with van der Waals surface area (Å²) in [6.07, 6.45) is 5.42. The van der Waals surface area contributed by atoms with Gasteiger partial charge in [0.05, 0.1) is 18.1 Å². The number of aliphatic imine (C=N–C) groups is 1. The lowest BCUT2D eigenvalue weighted by atomic mass is 10.1. The van der Waals surface area contributed by atoms with Gasteiger partial charge in [0.2, 0.25) is 0 Å². The highest BCUT2D eigenvalue weighted by Crippen LogP contribution is 2.40. The molecule has 0 spiro atoms. The quantitative estimate of drug-likeness (QED) is 0.200. The normalized spacial score (nSPS) is 21.4. The van der Waals surface area contributed by atoms with E-state index < -0.39 is 0 Å². The number of aromatic amines is 1. The van der Waals surface area contributed by atoms with E-state index in [1.807, 2.05) is 18.2 Å². The zero-order chi connectivity index (χ0) is 27.6. The topological polar surface area (TPSA) is 124 Å². The van der Waals surface area contributed by atoms with Crippen LogP contribution >= 0.6 is 0 Å². The summed E-state index contributed by atoms with van der Waals surface area (Å²) in [5.41, 5.74) is 9.87. The Labute approximate surface area is 235 Å². The van der Waals surface area contributed by atoms with E-state index >= 15 is 0 Å². The molecule has 2 bridgehead atoms. The van der Waals surface area contributed by atoms with Gasteiger partial charge in [-0.25, -0.2) is 4.99 Å². The molecule has 2 aliphatic heterocycles. The van der Waals surface area contributed by atoms with Gasteiger partial charge >= 0.3 is 0 Å². The van der Waals surface area contributed by atoms with Crippen LogP contribution in [0.1, 0.15) is 67.7 Å². The molecule has 2 saturated heterocycles. The summed E-state index contributed by atoms with van der Waals surface area (Å²) in [4.78, 5) is 9.56. The van der Waals surface area contributed by atoms with Crippen molar-refractivity contribution in [1.29, 1.82) is 0 Å². The fraction of sp³-hybridized carbons (Fsp3) is 0.433. The van der Waals surface area contributed by atoms with Crippen molar-refractivity contribution in [3.05, 3.63) is 89.5 Å². The molecule has 1 saturated carbocycles. The second-order valence-electron chi connectivity index (χ2n) is 11.5. The van der Waals surface area contributed by atoms with Gasteiger partial charge in [-0.3, -0.25) is 10.00 Å². The summed E-state index contributed by atoms with van der Waals surface area (Å²) in [6, 6.07) is 15.5. The van der Waals surface area contributed by atoms with Gasteiger partial charge in [0.25, 0.3) is 0 Å². The van der Waals surface area contributed by atoms with Gasteiger partial charge in [0.1, 0.15) is 11.7 Å². The van der Waals surface area contributed by atoms with Crippen LogP contribution in [0.3, 0.4) is 0 Å². The number of benzene rings is 1. The van der Waals surface area contributed by atoms with Crippen LogP contribution in [-0.2, 0) is 13.1 Å². The molecule has 0 radical (unpaired) electrons. The van der Waals surface area contributed by atoms with Crippen molar-refractivity contribution in [2.75, 3.05) is 13.1 Å². The third-order valence-corrected chi connectivity index (χ3v) is 7.95. The number of H-pyrrole nitrogens is 1. The van der Waals surface area contributed by atoms with Crippen molar-refractivity contribution in [2.45, 2.75) is 70.1 Å². The van der Waals surface area contributed by atoms with Crippen LogP contribution in [0.15, 0.2) is 76.3 Å². The molecule has 2 aromatic heterocycles. The van der Waals surface area contributed by atoms with Gasteiger partial charge in [0.15, 0.2) is 11.6 Å². The minimum atomic E-state index is 0.317. The maximum atomic E-state index is 6.44. The molecule has 3 aromatic rings. The maximum absolute atomic E-state index is 6.44. The van der Waals surface area contributed by atoms with Crippen LogP contribution < -0.4 is 16.4 Å². The van der Waals surface area contributed by atoms with E-state index in [1.54, 1.807) is 0 Å². The molecule has 10 nitrogen and oxygen atoms in total. The summed E-state index contributed by atoms with van der Waals surface area (Å²) in [5.74, 6) is 4.20. The highest BCUT2D eigenvalue weighted by atomic mass is 16.5. The molecule has 5 N–H and O–H groups in total. The second-order valence-corrected chi connectivity index (χ2v) is 11.5. The zero-order valence-corrected chi connectivity index (χ0v) is 23.3. The number of piperazine rings is 1. The van der Waals surface area contributed by atoms with Gasteiger partial charge in [-0.1, -0.05) is 55.9 Å². The number of hydrogen-bond donors (Lipinski definition) is 4.